The van der Waals surface area contributed by atoms with E-state index in [1.54, 1.807) is 0 Å². The molecule has 0 unspecified atom stereocenters. The van der Waals surface area contributed by atoms with Gasteiger partial charge in [0.25, 0.3) is 0 Å². The van der Waals surface area contributed by atoms with E-state index in [1.165, 1.54) is 19.2 Å². The Morgan fingerprint density at radius 3 is 2.61 bits per heavy atom. The maximum Gasteiger partial charge on any atom is 0.180 e. The first-order chi connectivity index (χ1) is 8.47. The fraction of sp³-hybridized carbons (Fsp3) is 0.455. The number of benzene rings is 1. The number of rotatable bonds is 7. The molecule has 102 valence electrons. The van der Waals surface area contributed by atoms with Crippen molar-refractivity contribution in [2.75, 3.05) is 38.4 Å². The molecule has 0 heterocycles. The second kappa shape index (κ2) is 6.67. The zero-order valence-corrected chi connectivity index (χ0v) is 10.9. The van der Waals surface area contributed by atoms with Gasteiger partial charge in [-0.1, -0.05) is 0 Å². The highest BCUT2D eigenvalue weighted by molar-refractivity contribution is 7.91. The van der Waals surface area contributed by atoms with Crippen molar-refractivity contribution in [3.05, 3.63) is 24.0 Å². The van der Waals surface area contributed by atoms with E-state index >= 15 is 0 Å². The van der Waals surface area contributed by atoms with E-state index in [1.807, 2.05) is 0 Å². The molecule has 0 amide bonds. The molecule has 1 aromatic rings. The van der Waals surface area contributed by atoms with Crippen LogP contribution in [0.15, 0.2) is 23.1 Å². The lowest BCUT2D eigenvalue weighted by Crippen LogP contribution is -2.14. The lowest BCUT2D eigenvalue weighted by molar-refractivity contribution is 0.0785. The molecule has 0 aromatic heterocycles. The van der Waals surface area contributed by atoms with Gasteiger partial charge in [-0.3, -0.25) is 0 Å². The molecule has 0 aliphatic carbocycles. The molecule has 0 atom stereocenters. The van der Waals surface area contributed by atoms with Crippen molar-refractivity contribution >= 4 is 15.5 Å². The highest BCUT2D eigenvalue weighted by atomic mass is 32.2. The van der Waals surface area contributed by atoms with Crippen LogP contribution in [0.25, 0.3) is 0 Å². The number of nitrogen functional groups attached to an aromatic ring is 1. The van der Waals surface area contributed by atoms with Gasteiger partial charge in [-0.05, 0) is 18.2 Å². The zero-order valence-electron chi connectivity index (χ0n) is 10.1. The first-order valence-corrected chi connectivity index (χ1v) is 6.97. The summed E-state index contributed by atoms with van der Waals surface area (Å²) >= 11 is 0. The molecule has 0 aliphatic rings. The Morgan fingerprint density at radius 2 is 2.00 bits per heavy atom. The van der Waals surface area contributed by atoms with Crippen LogP contribution in [0.3, 0.4) is 0 Å². The van der Waals surface area contributed by atoms with E-state index in [2.05, 4.69) is 0 Å². The summed E-state index contributed by atoms with van der Waals surface area (Å²) in [6, 6.07) is 3.43. The maximum atomic E-state index is 13.2. The average molecular weight is 277 g/mol. The number of halogens is 1. The van der Waals surface area contributed by atoms with Crippen molar-refractivity contribution in [2.24, 2.45) is 0 Å². The summed E-state index contributed by atoms with van der Waals surface area (Å²) in [5.74, 6) is -0.948. The van der Waals surface area contributed by atoms with Crippen molar-refractivity contribution in [1.29, 1.82) is 0 Å². The summed E-state index contributed by atoms with van der Waals surface area (Å²) < 4.78 is 46.6. The van der Waals surface area contributed by atoms with Crippen molar-refractivity contribution in [3.8, 4) is 0 Å². The van der Waals surface area contributed by atoms with E-state index < -0.39 is 15.7 Å². The van der Waals surface area contributed by atoms with Crippen molar-refractivity contribution in [2.45, 2.75) is 4.90 Å². The van der Waals surface area contributed by atoms with E-state index in [9.17, 15) is 12.8 Å². The van der Waals surface area contributed by atoms with Crippen LogP contribution in [0, 0.1) is 5.82 Å². The summed E-state index contributed by atoms with van der Waals surface area (Å²) in [5.41, 5.74) is 5.20. The second-order valence-corrected chi connectivity index (χ2v) is 5.72. The summed E-state index contributed by atoms with van der Waals surface area (Å²) in [6.07, 6.45) is 0. The van der Waals surface area contributed by atoms with Gasteiger partial charge in [0.15, 0.2) is 9.84 Å². The highest BCUT2D eigenvalue weighted by Crippen LogP contribution is 2.17. The number of ether oxygens (including phenoxy) is 2. The lowest BCUT2D eigenvalue weighted by Gasteiger charge is -2.06. The molecule has 1 aromatic carbocycles. The van der Waals surface area contributed by atoms with Crippen LogP contribution < -0.4 is 5.73 Å². The van der Waals surface area contributed by atoms with E-state index in [-0.39, 0.29) is 22.9 Å². The smallest absolute Gasteiger partial charge is 0.180 e. The molecule has 0 bridgehead atoms. The van der Waals surface area contributed by atoms with Gasteiger partial charge < -0.3 is 15.2 Å². The van der Waals surface area contributed by atoms with E-state index in [0.717, 1.165) is 6.07 Å². The number of hydrogen-bond donors (Lipinski definition) is 1. The van der Waals surface area contributed by atoms with Crippen LogP contribution >= 0.6 is 0 Å². The molecule has 0 aliphatic heterocycles. The van der Waals surface area contributed by atoms with Crippen LogP contribution in [0.1, 0.15) is 0 Å². The number of sulfone groups is 1. The third-order valence-electron chi connectivity index (χ3n) is 2.26. The Hall–Kier alpha value is -1.18. The molecule has 5 nitrogen and oxygen atoms in total. The minimum Gasteiger partial charge on any atom is -0.396 e. The lowest BCUT2D eigenvalue weighted by atomic mass is 10.3. The minimum absolute atomic E-state index is 0.0394. The van der Waals surface area contributed by atoms with Gasteiger partial charge >= 0.3 is 0 Å². The third kappa shape index (κ3) is 4.25. The van der Waals surface area contributed by atoms with Crippen molar-refractivity contribution in [3.63, 3.8) is 0 Å². The van der Waals surface area contributed by atoms with Crippen LogP contribution in [0.5, 0.6) is 0 Å². The molecule has 2 N–H and O–H groups in total. The monoisotopic (exact) mass is 277 g/mol. The summed E-state index contributed by atoms with van der Waals surface area (Å²) in [5, 5.41) is 0. The number of anilines is 1. The molecular weight excluding hydrogens is 261 g/mol. The molecule has 0 spiro atoms. The zero-order chi connectivity index (χ0) is 13.6. The molecule has 18 heavy (non-hydrogen) atoms. The highest BCUT2D eigenvalue weighted by Gasteiger charge is 2.15. The third-order valence-corrected chi connectivity index (χ3v) is 3.94. The Bertz CT molecular complexity index is 490. The Kier molecular flexibility index (Phi) is 5.52. The van der Waals surface area contributed by atoms with Gasteiger partial charge in [-0.2, -0.15) is 0 Å². The van der Waals surface area contributed by atoms with Gasteiger partial charge in [-0.25, -0.2) is 12.8 Å². The predicted octanol–water partition coefficient (Wildman–Crippen LogP) is 0.845. The topological polar surface area (TPSA) is 78.6 Å². The Morgan fingerprint density at radius 1 is 1.28 bits per heavy atom. The molecule has 0 radical (unpaired) electrons. The number of hydrogen-bond acceptors (Lipinski definition) is 5. The maximum absolute atomic E-state index is 13.2. The molecule has 1 rings (SSSR count). The van der Waals surface area contributed by atoms with Gasteiger partial charge in [0.2, 0.25) is 0 Å². The summed E-state index contributed by atoms with van der Waals surface area (Å²) in [6.45, 7) is 0.760. The average Bonchev–Trinajstić information content (AvgIpc) is 2.32. The molecule has 0 saturated heterocycles. The minimum atomic E-state index is -3.55. The molecule has 0 saturated carbocycles. The normalized spacial score (nSPS) is 11.7. The van der Waals surface area contributed by atoms with Crippen LogP contribution in [-0.2, 0) is 19.3 Å². The summed E-state index contributed by atoms with van der Waals surface area (Å²) in [4.78, 5) is -0.0930. The Labute approximate surface area is 106 Å². The van der Waals surface area contributed by atoms with Gasteiger partial charge in [-0.15, -0.1) is 0 Å². The van der Waals surface area contributed by atoms with Gasteiger partial charge in [0.1, 0.15) is 5.82 Å². The van der Waals surface area contributed by atoms with E-state index in [0.29, 0.717) is 13.2 Å². The quantitative estimate of drug-likeness (QED) is 0.590. The fourth-order valence-corrected chi connectivity index (χ4v) is 2.36. The first kappa shape index (κ1) is 14.9. The fourth-order valence-electron chi connectivity index (χ4n) is 1.23. The predicted molar refractivity (Wildman–Crippen MR) is 65.6 cm³/mol. The van der Waals surface area contributed by atoms with Gasteiger partial charge in [0, 0.05) is 7.11 Å². The van der Waals surface area contributed by atoms with Crippen LogP contribution in [0.2, 0.25) is 0 Å². The Balaban J connectivity index is 2.60. The molecule has 7 heteroatoms. The van der Waals surface area contributed by atoms with Gasteiger partial charge in [0.05, 0.1) is 36.2 Å². The standard InChI is InChI=1S/C11H16FNO4S/c1-16-4-5-17-6-7-18(14,15)9-2-3-11(13)10(12)8-9/h2-3,8H,4-7,13H2,1H3. The number of nitrogens with two attached hydrogens (primary N) is 1. The number of methoxy groups -OCH3 is 1. The first-order valence-electron chi connectivity index (χ1n) is 5.32. The molecular formula is C11H16FNO4S. The second-order valence-electron chi connectivity index (χ2n) is 3.61. The van der Waals surface area contributed by atoms with Crippen molar-refractivity contribution < 1.29 is 22.3 Å². The largest absolute Gasteiger partial charge is 0.396 e. The van der Waals surface area contributed by atoms with Crippen LogP contribution in [0.4, 0.5) is 10.1 Å². The van der Waals surface area contributed by atoms with E-state index in [4.69, 9.17) is 15.2 Å². The molecule has 0 fully saturated rings. The van der Waals surface area contributed by atoms with Crippen LogP contribution in [-0.4, -0.2) is 41.1 Å². The SMILES string of the molecule is COCCOCCS(=O)(=O)c1ccc(N)c(F)c1. The van der Waals surface area contributed by atoms with Crippen molar-refractivity contribution in [1.82, 2.24) is 0 Å². The summed E-state index contributed by atoms with van der Waals surface area (Å²) in [7, 11) is -2.02.